The van der Waals surface area contributed by atoms with Crippen molar-refractivity contribution in [2.24, 2.45) is 5.41 Å². The summed E-state index contributed by atoms with van der Waals surface area (Å²) >= 11 is 0. The Labute approximate surface area is 110 Å². The van der Waals surface area contributed by atoms with Gasteiger partial charge in [0.25, 0.3) is 0 Å². The smallest absolute Gasteiger partial charge is 0.388 e. The third-order valence-electron chi connectivity index (χ3n) is 4.11. The molecule has 1 aliphatic rings. The fourth-order valence-corrected chi connectivity index (χ4v) is 2.89. The van der Waals surface area contributed by atoms with Crippen LogP contribution in [-0.4, -0.2) is 10.1 Å². The molecule has 0 amide bonds. The first kappa shape index (κ1) is 14.3. The molecule has 1 N–H and O–H groups in total. The molecule has 0 aliphatic heterocycles. The van der Waals surface area contributed by atoms with E-state index in [1.807, 2.05) is 6.92 Å². The Hall–Kier alpha value is -1.10. The number of hydrogen-bond acceptors (Lipinski definition) is 2. The number of alkyl halides is 3. The van der Waals surface area contributed by atoms with E-state index in [-0.39, 0.29) is 5.56 Å². The van der Waals surface area contributed by atoms with Crippen LogP contribution in [0.1, 0.15) is 56.3 Å². The van der Waals surface area contributed by atoms with E-state index in [4.69, 9.17) is 0 Å². The van der Waals surface area contributed by atoms with Crippen LogP contribution < -0.4 is 0 Å². The van der Waals surface area contributed by atoms with Crippen LogP contribution in [0.5, 0.6) is 0 Å². The Morgan fingerprint density at radius 2 is 1.89 bits per heavy atom. The van der Waals surface area contributed by atoms with Gasteiger partial charge in [-0.05, 0) is 24.3 Å². The van der Waals surface area contributed by atoms with Crippen molar-refractivity contribution in [1.29, 1.82) is 0 Å². The second-order valence-electron chi connectivity index (χ2n) is 5.58. The number of aliphatic hydroxyl groups excluding tert-OH is 1. The maximum atomic E-state index is 13.0. The molecular formula is C14H18F3NO. The Kier molecular flexibility index (Phi) is 3.85. The van der Waals surface area contributed by atoms with Crippen LogP contribution in [-0.2, 0) is 6.18 Å². The second kappa shape index (κ2) is 5.12. The molecule has 5 heteroatoms. The van der Waals surface area contributed by atoms with Crippen molar-refractivity contribution >= 4 is 0 Å². The van der Waals surface area contributed by atoms with E-state index in [9.17, 15) is 18.3 Å². The molecule has 1 saturated carbocycles. The summed E-state index contributed by atoms with van der Waals surface area (Å²) in [4.78, 5) is 3.75. The molecule has 1 heterocycles. The highest BCUT2D eigenvalue weighted by atomic mass is 19.4. The number of aromatic nitrogens is 1. The molecule has 0 bridgehead atoms. The highest BCUT2D eigenvalue weighted by Crippen LogP contribution is 2.47. The van der Waals surface area contributed by atoms with E-state index in [2.05, 4.69) is 4.98 Å². The summed E-state index contributed by atoms with van der Waals surface area (Å²) in [7, 11) is 0. The molecule has 0 saturated heterocycles. The van der Waals surface area contributed by atoms with E-state index in [0.717, 1.165) is 50.6 Å². The molecular weight excluding hydrogens is 255 g/mol. The van der Waals surface area contributed by atoms with E-state index >= 15 is 0 Å². The predicted octanol–water partition coefficient (Wildman–Crippen LogP) is 4.10. The fraction of sp³-hybridized carbons (Fsp3) is 0.643. The van der Waals surface area contributed by atoms with Crippen LogP contribution in [0, 0.1) is 5.41 Å². The highest BCUT2D eigenvalue weighted by Gasteiger charge is 2.41. The summed E-state index contributed by atoms with van der Waals surface area (Å²) in [6.07, 6.45) is 1.19. The first-order valence-electron chi connectivity index (χ1n) is 6.54. The Bertz CT molecular complexity index is 439. The molecule has 1 aromatic heterocycles. The second-order valence-corrected chi connectivity index (χ2v) is 5.58. The molecule has 19 heavy (non-hydrogen) atoms. The van der Waals surface area contributed by atoms with Crippen LogP contribution in [0.4, 0.5) is 13.2 Å². The van der Waals surface area contributed by atoms with Crippen LogP contribution in [0.3, 0.4) is 0 Å². The van der Waals surface area contributed by atoms with E-state index in [0.29, 0.717) is 0 Å². The average Bonchev–Trinajstić information content (AvgIpc) is 2.38. The Balaban J connectivity index is 2.36. The lowest BCUT2D eigenvalue weighted by molar-refractivity contribution is -0.140. The fourth-order valence-electron chi connectivity index (χ4n) is 2.89. The van der Waals surface area contributed by atoms with Gasteiger partial charge in [0.15, 0.2) is 0 Å². The van der Waals surface area contributed by atoms with E-state index in [1.54, 1.807) is 0 Å². The maximum absolute atomic E-state index is 13.0. The summed E-state index contributed by atoms with van der Waals surface area (Å²) in [5.74, 6) is 0. The number of pyridine rings is 1. The van der Waals surface area contributed by atoms with Gasteiger partial charge in [0.2, 0.25) is 0 Å². The zero-order valence-corrected chi connectivity index (χ0v) is 10.9. The largest absolute Gasteiger partial charge is 0.416 e. The maximum Gasteiger partial charge on any atom is 0.416 e. The third-order valence-corrected chi connectivity index (χ3v) is 4.11. The molecule has 1 atom stereocenters. The van der Waals surface area contributed by atoms with E-state index in [1.165, 1.54) is 0 Å². The van der Waals surface area contributed by atoms with Gasteiger partial charge in [0.1, 0.15) is 0 Å². The molecule has 0 radical (unpaired) electrons. The lowest BCUT2D eigenvalue weighted by Crippen LogP contribution is -2.30. The minimum absolute atomic E-state index is 0.0978. The van der Waals surface area contributed by atoms with Gasteiger partial charge in [-0.25, -0.2) is 0 Å². The average molecular weight is 273 g/mol. The van der Waals surface area contributed by atoms with E-state index < -0.39 is 23.3 Å². The molecule has 2 nitrogen and oxygen atoms in total. The molecule has 1 aliphatic carbocycles. The van der Waals surface area contributed by atoms with Gasteiger partial charge in [-0.15, -0.1) is 0 Å². The van der Waals surface area contributed by atoms with Gasteiger partial charge in [-0.3, -0.25) is 4.98 Å². The molecule has 2 rings (SSSR count). The van der Waals surface area contributed by atoms with Gasteiger partial charge in [-0.2, -0.15) is 13.2 Å². The summed E-state index contributed by atoms with van der Waals surface area (Å²) in [6, 6.07) is 0.935. The first-order chi connectivity index (χ1) is 8.84. The summed E-state index contributed by atoms with van der Waals surface area (Å²) in [5.41, 5.74) is -1.36. The van der Waals surface area contributed by atoms with Crippen molar-refractivity contribution in [1.82, 2.24) is 4.98 Å². The monoisotopic (exact) mass is 273 g/mol. The Morgan fingerprint density at radius 3 is 2.47 bits per heavy atom. The molecule has 1 aromatic rings. The zero-order valence-electron chi connectivity index (χ0n) is 10.9. The van der Waals surface area contributed by atoms with Gasteiger partial charge >= 0.3 is 6.18 Å². The van der Waals surface area contributed by atoms with Crippen molar-refractivity contribution in [3.63, 3.8) is 0 Å². The first-order valence-corrected chi connectivity index (χ1v) is 6.54. The minimum Gasteiger partial charge on any atom is -0.388 e. The Morgan fingerprint density at radius 1 is 1.26 bits per heavy atom. The number of hydrogen-bond donors (Lipinski definition) is 1. The van der Waals surface area contributed by atoms with Crippen molar-refractivity contribution in [2.75, 3.05) is 0 Å². The number of halogens is 3. The molecule has 1 unspecified atom stereocenters. The summed E-state index contributed by atoms with van der Waals surface area (Å²) in [6.45, 7) is 1.87. The highest BCUT2D eigenvalue weighted by molar-refractivity contribution is 5.29. The standard InChI is InChI=1S/C14H18F3NO/c1-13(6-3-2-4-7-13)12(19)10-9-18-8-5-11(10)14(15,16)17/h5,8-9,12,19H,2-4,6-7H2,1H3. The van der Waals surface area contributed by atoms with Crippen molar-refractivity contribution in [3.8, 4) is 0 Å². The van der Waals surface area contributed by atoms with Crippen LogP contribution >= 0.6 is 0 Å². The SMILES string of the molecule is CC1(C(O)c2cnccc2C(F)(F)F)CCCCC1. The lowest BCUT2D eigenvalue weighted by Gasteiger charge is -2.38. The van der Waals surface area contributed by atoms with Crippen LogP contribution in [0.15, 0.2) is 18.5 Å². The number of aliphatic hydroxyl groups is 1. The van der Waals surface area contributed by atoms with Gasteiger partial charge in [0.05, 0.1) is 11.7 Å². The zero-order chi connectivity index (χ0) is 14.1. The lowest BCUT2D eigenvalue weighted by atomic mass is 9.69. The normalized spacial score (nSPS) is 21.1. The topological polar surface area (TPSA) is 33.1 Å². The summed E-state index contributed by atoms with van der Waals surface area (Å²) < 4.78 is 38.9. The van der Waals surface area contributed by atoms with Crippen molar-refractivity contribution < 1.29 is 18.3 Å². The molecule has 0 aromatic carbocycles. The van der Waals surface area contributed by atoms with Crippen molar-refractivity contribution in [2.45, 2.75) is 51.3 Å². The number of nitrogens with zero attached hydrogens (tertiary/aromatic N) is 1. The van der Waals surface area contributed by atoms with Crippen molar-refractivity contribution in [3.05, 3.63) is 29.6 Å². The minimum atomic E-state index is -4.45. The summed E-state index contributed by atoms with van der Waals surface area (Å²) in [5, 5.41) is 10.4. The predicted molar refractivity (Wildman–Crippen MR) is 65.4 cm³/mol. The molecule has 1 fully saturated rings. The van der Waals surface area contributed by atoms with Crippen LogP contribution in [0.25, 0.3) is 0 Å². The molecule has 106 valence electrons. The van der Waals surface area contributed by atoms with Gasteiger partial charge in [-0.1, -0.05) is 26.2 Å². The quantitative estimate of drug-likeness (QED) is 0.879. The third kappa shape index (κ3) is 2.91. The van der Waals surface area contributed by atoms with Crippen LogP contribution in [0.2, 0.25) is 0 Å². The molecule has 0 spiro atoms. The van der Waals surface area contributed by atoms with Gasteiger partial charge in [0, 0.05) is 18.0 Å². The number of rotatable bonds is 2. The van der Waals surface area contributed by atoms with Gasteiger partial charge < -0.3 is 5.11 Å².